The fourth-order valence-corrected chi connectivity index (χ4v) is 2.72. The number of fused-ring (bicyclic) bond motifs is 1. The van der Waals surface area contributed by atoms with E-state index in [0.717, 1.165) is 12.8 Å². The Hall–Kier alpha value is -1.82. The first kappa shape index (κ1) is 11.3. The molecule has 18 heavy (non-hydrogen) atoms. The lowest BCUT2D eigenvalue weighted by Crippen LogP contribution is -1.90. The van der Waals surface area contributed by atoms with Crippen LogP contribution in [0, 0.1) is 0 Å². The van der Waals surface area contributed by atoms with Gasteiger partial charge in [0.15, 0.2) is 0 Å². The first-order valence-corrected chi connectivity index (χ1v) is 6.66. The smallest absolute Gasteiger partial charge is 0.00544 e. The summed E-state index contributed by atoms with van der Waals surface area (Å²) in [6, 6.07) is 15.6. The average Bonchev–Trinajstić information content (AvgIpc) is 2.79. The van der Waals surface area contributed by atoms with Gasteiger partial charge in [0.25, 0.3) is 0 Å². The van der Waals surface area contributed by atoms with E-state index in [2.05, 4.69) is 62.4 Å². The summed E-state index contributed by atoms with van der Waals surface area (Å²) in [5, 5.41) is 0. The highest BCUT2D eigenvalue weighted by Crippen LogP contribution is 2.33. The predicted octanol–water partition coefficient (Wildman–Crippen LogP) is 4.88. The largest absolute Gasteiger partial charge is 0.0683 e. The molecule has 0 heterocycles. The van der Waals surface area contributed by atoms with E-state index in [-0.39, 0.29) is 0 Å². The van der Waals surface area contributed by atoms with Gasteiger partial charge in [0.2, 0.25) is 0 Å². The third-order valence-electron chi connectivity index (χ3n) is 3.74. The monoisotopic (exact) mass is 234 g/mol. The van der Waals surface area contributed by atoms with Crippen molar-refractivity contribution in [1.82, 2.24) is 0 Å². The van der Waals surface area contributed by atoms with E-state index in [9.17, 15) is 0 Å². The van der Waals surface area contributed by atoms with Crippen LogP contribution in [-0.2, 0) is 12.8 Å². The van der Waals surface area contributed by atoms with E-state index < -0.39 is 0 Å². The SMILES string of the molecule is CCc1ccc(-c2cccc3c2CC(C)=C3)cc1. The second-order valence-electron chi connectivity index (χ2n) is 5.09. The van der Waals surface area contributed by atoms with E-state index in [0.29, 0.717) is 0 Å². The van der Waals surface area contributed by atoms with Gasteiger partial charge in [-0.3, -0.25) is 0 Å². The lowest BCUT2D eigenvalue weighted by Gasteiger charge is -2.09. The molecule has 0 unspecified atom stereocenters. The van der Waals surface area contributed by atoms with Gasteiger partial charge in [-0.2, -0.15) is 0 Å². The van der Waals surface area contributed by atoms with Crippen molar-refractivity contribution >= 4 is 6.08 Å². The molecule has 0 amide bonds. The topological polar surface area (TPSA) is 0 Å². The molecule has 1 aliphatic rings. The molecule has 3 rings (SSSR count). The lowest BCUT2D eigenvalue weighted by molar-refractivity contribution is 1.14. The minimum absolute atomic E-state index is 1.10. The second kappa shape index (κ2) is 4.45. The average molecular weight is 234 g/mol. The number of rotatable bonds is 2. The van der Waals surface area contributed by atoms with Crippen molar-refractivity contribution in [3.8, 4) is 11.1 Å². The number of benzene rings is 2. The first-order chi connectivity index (χ1) is 8.78. The van der Waals surface area contributed by atoms with Crippen molar-refractivity contribution < 1.29 is 0 Å². The van der Waals surface area contributed by atoms with Crippen LogP contribution in [0.3, 0.4) is 0 Å². The Morgan fingerprint density at radius 1 is 1.00 bits per heavy atom. The van der Waals surface area contributed by atoms with E-state index in [4.69, 9.17) is 0 Å². The van der Waals surface area contributed by atoms with Crippen LogP contribution in [0.2, 0.25) is 0 Å². The van der Waals surface area contributed by atoms with Gasteiger partial charge in [0, 0.05) is 0 Å². The number of hydrogen-bond donors (Lipinski definition) is 0. The molecule has 2 aromatic carbocycles. The summed E-state index contributed by atoms with van der Waals surface area (Å²) >= 11 is 0. The van der Waals surface area contributed by atoms with Gasteiger partial charge >= 0.3 is 0 Å². The maximum absolute atomic E-state index is 2.30. The van der Waals surface area contributed by atoms with Gasteiger partial charge in [0.05, 0.1) is 0 Å². The van der Waals surface area contributed by atoms with Crippen molar-refractivity contribution in [2.45, 2.75) is 26.7 Å². The predicted molar refractivity (Wildman–Crippen MR) is 78.6 cm³/mol. The van der Waals surface area contributed by atoms with Crippen LogP contribution < -0.4 is 0 Å². The highest BCUT2D eigenvalue weighted by atomic mass is 14.2. The molecular formula is C18H18. The lowest BCUT2D eigenvalue weighted by atomic mass is 9.95. The van der Waals surface area contributed by atoms with E-state index in [1.807, 2.05) is 0 Å². The molecule has 0 aliphatic heterocycles. The highest BCUT2D eigenvalue weighted by molar-refractivity contribution is 5.77. The summed E-state index contributed by atoms with van der Waals surface area (Å²) in [4.78, 5) is 0. The Balaban J connectivity index is 2.06. The highest BCUT2D eigenvalue weighted by Gasteiger charge is 2.14. The Bertz CT molecular complexity index is 600. The van der Waals surface area contributed by atoms with Crippen LogP contribution in [0.4, 0.5) is 0 Å². The number of hydrogen-bond acceptors (Lipinski definition) is 0. The zero-order chi connectivity index (χ0) is 12.5. The zero-order valence-electron chi connectivity index (χ0n) is 11.0. The second-order valence-corrected chi connectivity index (χ2v) is 5.09. The summed E-state index contributed by atoms with van der Waals surface area (Å²) in [6.45, 7) is 4.41. The van der Waals surface area contributed by atoms with Crippen LogP contribution in [-0.4, -0.2) is 0 Å². The third kappa shape index (κ3) is 1.88. The molecule has 1 aliphatic carbocycles. The number of aryl methyl sites for hydroxylation is 1. The molecule has 0 radical (unpaired) electrons. The van der Waals surface area contributed by atoms with Gasteiger partial charge in [-0.25, -0.2) is 0 Å². The van der Waals surface area contributed by atoms with Crippen LogP contribution in [0.1, 0.15) is 30.5 Å². The zero-order valence-corrected chi connectivity index (χ0v) is 11.0. The van der Waals surface area contributed by atoms with Gasteiger partial charge in [-0.05, 0) is 47.6 Å². The summed E-state index contributed by atoms with van der Waals surface area (Å²) in [5.41, 5.74) is 8.47. The summed E-state index contributed by atoms with van der Waals surface area (Å²) in [6.07, 6.45) is 4.51. The third-order valence-corrected chi connectivity index (χ3v) is 3.74. The quantitative estimate of drug-likeness (QED) is 0.695. The Morgan fingerprint density at radius 2 is 1.78 bits per heavy atom. The van der Waals surface area contributed by atoms with E-state index in [1.54, 1.807) is 0 Å². The standard InChI is InChI=1S/C18H18/c1-3-14-7-9-15(10-8-14)17-6-4-5-16-11-13(2)12-18(16)17/h4-11H,3,12H2,1-2H3. The molecule has 0 fully saturated rings. The summed E-state index contributed by atoms with van der Waals surface area (Å²) < 4.78 is 0. The molecule has 0 saturated heterocycles. The Morgan fingerprint density at radius 3 is 2.50 bits per heavy atom. The molecule has 90 valence electrons. The fraction of sp³-hybridized carbons (Fsp3) is 0.222. The maximum Gasteiger partial charge on any atom is -0.00544 e. The van der Waals surface area contributed by atoms with Crippen LogP contribution in [0.15, 0.2) is 48.0 Å². The number of allylic oxidation sites excluding steroid dienone is 1. The van der Waals surface area contributed by atoms with E-state index in [1.165, 1.54) is 33.4 Å². The maximum atomic E-state index is 2.30. The van der Waals surface area contributed by atoms with E-state index >= 15 is 0 Å². The van der Waals surface area contributed by atoms with Crippen molar-refractivity contribution in [2.24, 2.45) is 0 Å². The molecule has 0 nitrogen and oxygen atoms in total. The van der Waals surface area contributed by atoms with Gasteiger partial charge < -0.3 is 0 Å². The first-order valence-electron chi connectivity index (χ1n) is 6.66. The molecule has 0 atom stereocenters. The van der Waals surface area contributed by atoms with Crippen molar-refractivity contribution in [2.75, 3.05) is 0 Å². The van der Waals surface area contributed by atoms with Crippen LogP contribution >= 0.6 is 0 Å². The molecule has 0 heteroatoms. The molecule has 2 aromatic rings. The van der Waals surface area contributed by atoms with Crippen molar-refractivity contribution in [3.05, 3.63) is 64.7 Å². The summed E-state index contributed by atoms with van der Waals surface area (Å²) in [5.74, 6) is 0. The molecule has 0 aromatic heterocycles. The minimum atomic E-state index is 1.10. The molecule has 0 spiro atoms. The molecular weight excluding hydrogens is 216 g/mol. The van der Waals surface area contributed by atoms with Gasteiger partial charge in [-0.15, -0.1) is 0 Å². The molecule has 0 N–H and O–H groups in total. The fourth-order valence-electron chi connectivity index (χ4n) is 2.72. The Labute approximate surface area is 109 Å². The van der Waals surface area contributed by atoms with Crippen molar-refractivity contribution in [3.63, 3.8) is 0 Å². The normalized spacial score (nSPS) is 13.3. The summed E-state index contributed by atoms with van der Waals surface area (Å²) in [7, 11) is 0. The minimum Gasteiger partial charge on any atom is -0.0683 e. The van der Waals surface area contributed by atoms with Crippen molar-refractivity contribution in [1.29, 1.82) is 0 Å². The molecule has 0 bridgehead atoms. The van der Waals surface area contributed by atoms with Gasteiger partial charge in [-0.1, -0.05) is 61.0 Å². The van der Waals surface area contributed by atoms with Gasteiger partial charge in [0.1, 0.15) is 0 Å². The van der Waals surface area contributed by atoms with Crippen LogP contribution in [0.5, 0.6) is 0 Å². The van der Waals surface area contributed by atoms with Crippen LogP contribution in [0.25, 0.3) is 17.2 Å². The molecule has 0 saturated carbocycles. The Kier molecular flexibility index (Phi) is 2.79.